The Bertz CT molecular complexity index is 216. The lowest BCUT2D eigenvalue weighted by molar-refractivity contribution is -0.153. The second-order valence-electron chi connectivity index (χ2n) is 5.78. The summed E-state index contributed by atoms with van der Waals surface area (Å²) in [6.45, 7) is 10.1. The molecule has 0 aromatic rings. The van der Waals surface area contributed by atoms with Crippen LogP contribution in [-0.2, 0) is 4.79 Å². The lowest BCUT2D eigenvalue weighted by Gasteiger charge is -2.40. The molecule has 2 nitrogen and oxygen atoms in total. The second-order valence-corrected chi connectivity index (χ2v) is 6.86. The van der Waals surface area contributed by atoms with Gasteiger partial charge < -0.3 is 5.11 Å². The topological polar surface area (TPSA) is 37.3 Å². The number of aliphatic carboxylic acids is 1. The summed E-state index contributed by atoms with van der Waals surface area (Å²) in [4.78, 5) is 11.3. The predicted molar refractivity (Wildman–Crippen MR) is 72.5 cm³/mol. The Morgan fingerprint density at radius 1 is 1.27 bits per heavy atom. The van der Waals surface area contributed by atoms with Crippen molar-refractivity contribution in [1.82, 2.24) is 0 Å². The Labute approximate surface area is 107 Å². The first-order valence-electron chi connectivity index (χ1n) is 5.43. The summed E-state index contributed by atoms with van der Waals surface area (Å²) in [5, 5.41) is 9.27. The van der Waals surface area contributed by atoms with Gasteiger partial charge in [0.1, 0.15) is 0 Å². The number of carboxylic acids is 1. The van der Waals surface area contributed by atoms with Gasteiger partial charge in [-0.2, -0.15) is 0 Å². The van der Waals surface area contributed by atoms with Crippen LogP contribution in [0.2, 0.25) is 0 Å². The van der Waals surface area contributed by atoms with Crippen LogP contribution in [0.25, 0.3) is 0 Å². The molecule has 0 rings (SSSR count). The smallest absolute Gasteiger partial charge is 0.309 e. The van der Waals surface area contributed by atoms with Crippen LogP contribution < -0.4 is 0 Å². The Morgan fingerprint density at radius 3 is 2.00 bits per heavy atom. The summed E-state index contributed by atoms with van der Waals surface area (Å²) < 4.78 is 1.10. The molecule has 90 valence electrons. The van der Waals surface area contributed by atoms with Gasteiger partial charge in [0.2, 0.25) is 0 Å². The lowest BCUT2D eigenvalue weighted by atomic mass is 9.64. The maximum absolute atomic E-state index is 11.3. The minimum absolute atomic E-state index is 0.0493. The fourth-order valence-electron chi connectivity index (χ4n) is 2.31. The third kappa shape index (κ3) is 4.29. The van der Waals surface area contributed by atoms with E-state index in [9.17, 15) is 9.90 Å². The average Bonchev–Trinajstić information content (AvgIpc) is 2.01. The maximum atomic E-state index is 11.3. The zero-order valence-electron chi connectivity index (χ0n) is 10.4. The van der Waals surface area contributed by atoms with Crippen LogP contribution in [0.5, 0.6) is 0 Å². The highest BCUT2D eigenvalue weighted by Crippen LogP contribution is 2.43. The Balaban J connectivity index is 4.85. The van der Waals surface area contributed by atoms with Crippen molar-refractivity contribution >= 4 is 28.6 Å². The van der Waals surface area contributed by atoms with E-state index < -0.39 is 11.4 Å². The van der Waals surface area contributed by atoms with Gasteiger partial charge in [0.05, 0.1) is 5.41 Å². The van der Waals surface area contributed by atoms with E-state index >= 15 is 0 Å². The molecule has 0 saturated heterocycles. The molecule has 15 heavy (non-hydrogen) atoms. The molecule has 1 atom stereocenters. The van der Waals surface area contributed by atoms with Crippen LogP contribution in [0, 0.1) is 16.7 Å². The third-order valence-corrected chi connectivity index (χ3v) is 3.86. The lowest BCUT2D eigenvalue weighted by Crippen LogP contribution is -2.40. The molecule has 0 aliphatic heterocycles. The first-order valence-corrected chi connectivity index (χ1v) is 6.96. The van der Waals surface area contributed by atoms with Gasteiger partial charge >= 0.3 is 5.97 Å². The van der Waals surface area contributed by atoms with E-state index in [4.69, 9.17) is 0 Å². The van der Waals surface area contributed by atoms with Crippen LogP contribution in [0.3, 0.4) is 0 Å². The molecule has 0 aliphatic rings. The molecule has 0 aromatic carbocycles. The number of hydrogen-bond donors (Lipinski definition) is 1. The first-order chi connectivity index (χ1) is 6.64. The molecule has 0 radical (unpaired) electrons. The van der Waals surface area contributed by atoms with Crippen molar-refractivity contribution in [3.8, 4) is 0 Å². The zero-order chi connectivity index (χ0) is 12.3. The fourth-order valence-corrected chi connectivity index (χ4v) is 2.75. The second kappa shape index (κ2) is 5.51. The van der Waals surface area contributed by atoms with Gasteiger partial charge in [-0.25, -0.2) is 0 Å². The average molecular weight is 326 g/mol. The van der Waals surface area contributed by atoms with Crippen molar-refractivity contribution in [3.63, 3.8) is 0 Å². The molecule has 3 heteroatoms. The van der Waals surface area contributed by atoms with E-state index in [0.717, 1.165) is 17.3 Å². The summed E-state index contributed by atoms with van der Waals surface area (Å²) in [5.74, 6) is -0.465. The largest absolute Gasteiger partial charge is 0.481 e. The minimum atomic E-state index is -0.684. The van der Waals surface area contributed by atoms with E-state index in [1.807, 2.05) is 13.8 Å². The molecule has 0 aliphatic carbocycles. The monoisotopic (exact) mass is 326 g/mol. The van der Waals surface area contributed by atoms with Gasteiger partial charge in [-0.15, -0.1) is 0 Å². The maximum Gasteiger partial charge on any atom is 0.309 e. The highest BCUT2D eigenvalue weighted by Gasteiger charge is 2.42. The standard InChI is InChI=1S/C12H23IO2/c1-11(2,3)9(7-6-8-13)12(4,5)10(14)15/h9H,6-8H2,1-5H3,(H,14,15). The first kappa shape index (κ1) is 15.2. The fraction of sp³-hybridized carbons (Fsp3) is 0.917. The normalized spacial score (nSPS) is 15.1. The van der Waals surface area contributed by atoms with Gasteiger partial charge in [0, 0.05) is 0 Å². The minimum Gasteiger partial charge on any atom is -0.481 e. The molecule has 0 fully saturated rings. The molecule has 0 amide bonds. The quantitative estimate of drug-likeness (QED) is 0.613. The molecular formula is C12H23IO2. The zero-order valence-corrected chi connectivity index (χ0v) is 12.6. The van der Waals surface area contributed by atoms with Crippen LogP contribution in [-0.4, -0.2) is 15.5 Å². The van der Waals surface area contributed by atoms with E-state index in [0.29, 0.717) is 0 Å². The van der Waals surface area contributed by atoms with Crippen molar-refractivity contribution in [2.75, 3.05) is 4.43 Å². The highest BCUT2D eigenvalue weighted by atomic mass is 127. The van der Waals surface area contributed by atoms with Crippen LogP contribution in [0.1, 0.15) is 47.5 Å². The summed E-state index contributed by atoms with van der Waals surface area (Å²) in [6, 6.07) is 0. The van der Waals surface area contributed by atoms with E-state index in [1.54, 1.807) is 0 Å². The highest BCUT2D eigenvalue weighted by molar-refractivity contribution is 14.1. The van der Waals surface area contributed by atoms with Crippen molar-refractivity contribution in [3.05, 3.63) is 0 Å². The summed E-state index contributed by atoms with van der Waals surface area (Å²) in [7, 11) is 0. The Kier molecular flexibility index (Phi) is 5.58. The van der Waals surface area contributed by atoms with Gasteiger partial charge in [0.15, 0.2) is 0 Å². The third-order valence-electron chi connectivity index (χ3n) is 3.09. The molecule has 0 heterocycles. The van der Waals surface area contributed by atoms with Gasteiger partial charge in [-0.3, -0.25) is 4.79 Å². The molecule has 0 aromatic heterocycles. The number of carboxylic acid groups (broad SMARTS) is 1. The van der Waals surface area contributed by atoms with Crippen molar-refractivity contribution < 1.29 is 9.90 Å². The summed E-state index contributed by atoms with van der Waals surface area (Å²) in [6.07, 6.45) is 2.09. The van der Waals surface area contributed by atoms with E-state index in [1.165, 1.54) is 0 Å². The number of halogens is 1. The number of hydrogen-bond acceptors (Lipinski definition) is 1. The van der Waals surface area contributed by atoms with Crippen molar-refractivity contribution in [2.24, 2.45) is 16.7 Å². The van der Waals surface area contributed by atoms with Crippen molar-refractivity contribution in [1.29, 1.82) is 0 Å². The van der Waals surface area contributed by atoms with Gasteiger partial charge in [-0.1, -0.05) is 43.4 Å². The SMILES string of the molecule is CC(C)(C)C(CCCI)C(C)(C)C(=O)O. The van der Waals surface area contributed by atoms with Crippen LogP contribution in [0.15, 0.2) is 0 Å². The van der Waals surface area contributed by atoms with E-state index in [-0.39, 0.29) is 11.3 Å². The van der Waals surface area contributed by atoms with Gasteiger partial charge in [-0.05, 0) is 42.4 Å². The van der Waals surface area contributed by atoms with Crippen LogP contribution >= 0.6 is 22.6 Å². The molecule has 1 N–H and O–H groups in total. The molecular weight excluding hydrogens is 303 g/mol. The Morgan fingerprint density at radius 2 is 1.73 bits per heavy atom. The van der Waals surface area contributed by atoms with Crippen LogP contribution in [0.4, 0.5) is 0 Å². The number of rotatable bonds is 5. The van der Waals surface area contributed by atoms with Crippen molar-refractivity contribution in [2.45, 2.75) is 47.5 Å². The summed E-state index contributed by atoms with van der Waals surface area (Å²) >= 11 is 2.35. The number of alkyl halides is 1. The predicted octanol–water partition coefficient (Wildman–Crippen LogP) is 3.97. The molecule has 0 spiro atoms. The summed E-state index contributed by atoms with van der Waals surface area (Å²) in [5.41, 5.74) is -0.586. The van der Waals surface area contributed by atoms with Gasteiger partial charge in [0.25, 0.3) is 0 Å². The van der Waals surface area contributed by atoms with E-state index in [2.05, 4.69) is 43.4 Å². The molecule has 1 unspecified atom stereocenters. The molecule has 0 saturated carbocycles. The molecule has 0 bridgehead atoms. The Hall–Kier alpha value is 0.200. The number of carbonyl (C=O) groups is 1.